The van der Waals surface area contributed by atoms with Gasteiger partial charge in [0.1, 0.15) is 6.07 Å². The van der Waals surface area contributed by atoms with Gasteiger partial charge in [0.25, 0.3) is 0 Å². The summed E-state index contributed by atoms with van der Waals surface area (Å²) >= 11 is 0. The summed E-state index contributed by atoms with van der Waals surface area (Å²) in [4.78, 5) is 5.62. The van der Waals surface area contributed by atoms with E-state index >= 15 is 0 Å². The summed E-state index contributed by atoms with van der Waals surface area (Å²) in [5, 5.41) is 8.90. The molecule has 6 heteroatoms. The van der Waals surface area contributed by atoms with Crippen LogP contribution in [-0.4, -0.2) is 24.2 Å². The molecule has 0 saturated heterocycles. The number of nitrogens with zero attached hydrogens (tertiary/aromatic N) is 3. The lowest BCUT2D eigenvalue weighted by atomic mass is 10.1. The fourth-order valence-electron chi connectivity index (χ4n) is 1.88. The fraction of sp³-hybridized carbons (Fsp3) is 0.333. The Labute approximate surface area is 102 Å². The third kappa shape index (κ3) is 2.45. The number of rotatable bonds is 1. The second-order valence-corrected chi connectivity index (χ2v) is 3.91. The van der Waals surface area contributed by atoms with Crippen molar-refractivity contribution >= 4 is 5.69 Å². The second-order valence-electron chi connectivity index (χ2n) is 3.91. The van der Waals surface area contributed by atoms with Gasteiger partial charge in [-0.1, -0.05) is 6.08 Å². The van der Waals surface area contributed by atoms with Gasteiger partial charge in [-0.05, 0) is 18.6 Å². The molecule has 18 heavy (non-hydrogen) atoms. The zero-order valence-corrected chi connectivity index (χ0v) is 9.41. The summed E-state index contributed by atoms with van der Waals surface area (Å²) in [6.45, 7) is 0.390. The van der Waals surface area contributed by atoms with Gasteiger partial charge >= 0.3 is 6.18 Å². The predicted molar refractivity (Wildman–Crippen MR) is 59.9 cm³/mol. The molecule has 0 fully saturated rings. The number of nitriles is 1. The van der Waals surface area contributed by atoms with Crippen LogP contribution in [0.1, 0.15) is 12.1 Å². The smallest absolute Gasteiger partial charge is 0.365 e. The van der Waals surface area contributed by atoms with Crippen LogP contribution in [0.2, 0.25) is 0 Å². The molecule has 0 unspecified atom stereocenters. The lowest BCUT2D eigenvalue weighted by Crippen LogP contribution is -2.32. The van der Waals surface area contributed by atoms with E-state index in [0.717, 1.165) is 6.08 Å². The standard InChI is InChI=1S/C12H10F3N3/c13-12(14,15)9-3-6-18(7-4-9)11-2-1-5-17-10(11)8-16/h1-3,5H,4,6-7H2. The minimum Gasteiger partial charge on any atom is -0.365 e. The molecule has 3 nitrogen and oxygen atoms in total. The van der Waals surface area contributed by atoms with Crippen molar-refractivity contribution in [1.82, 2.24) is 4.98 Å². The van der Waals surface area contributed by atoms with Crippen LogP contribution < -0.4 is 4.90 Å². The van der Waals surface area contributed by atoms with Gasteiger partial charge in [-0.15, -0.1) is 0 Å². The minimum atomic E-state index is -4.25. The number of halogens is 3. The van der Waals surface area contributed by atoms with Crippen LogP contribution in [0.5, 0.6) is 0 Å². The van der Waals surface area contributed by atoms with Crippen molar-refractivity contribution < 1.29 is 13.2 Å². The molecule has 0 spiro atoms. The second kappa shape index (κ2) is 4.69. The predicted octanol–water partition coefficient (Wildman–Crippen LogP) is 2.65. The summed E-state index contributed by atoms with van der Waals surface area (Å²) in [5.41, 5.74) is 0.319. The number of aromatic nitrogens is 1. The number of alkyl halides is 3. The van der Waals surface area contributed by atoms with Crippen molar-refractivity contribution in [3.8, 4) is 6.07 Å². The minimum absolute atomic E-state index is 0.0662. The van der Waals surface area contributed by atoms with Crippen LogP contribution in [0.4, 0.5) is 18.9 Å². The first kappa shape index (κ1) is 12.4. The highest BCUT2D eigenvalue weighted by atomic mass is 19.4. The highest BCUT2D eigenvalue weighted by Gasteiger charge is 2.35. The number of pyridine rings is 1. The van der Waals surface area contributed by atoms with E-state index in [1.165, 1.54) is 6.20 Å². The quantitative estimate of drug-likeness (QED) is 0.722. The lowest BCUT2D eigenvalue weighted by Gasteiger charge is -2.29. The molecule has 1 aromatic heterocycles. The molecule has 0 saturated carbocycles. The van der Waals surface area contributed by atoms with Crippen LogP contribution in [0.25, 0.3) is 0 Å². The Morgan fingerprint density at radius 1 is 1.39 bits per heavy atom. The molecule has 0 aliphatic carbocycles. The molecule has 1 aromatic rings. The van der Waals surface area contributed by atoms with E-state index in [9.17, 15) is 13.2 Å². The van der Waals surface area contributed by atoms with E-state index < -0.39 is 11.7 Å². The van der Waals surface area contributed by atoms with Gasteiger partial charge in [-0.2, -0.15) is 18.4 Å². The van der Waals surface area contributed by atoms with Crippen LogP contribution in [0, 0.1) is 11.3 Å². The van der Waals surface area contributed by atoms with E-state index in [2.05, 4.69) is 4.98 Å². The maximum absolute atomic E-state index is 12.5. The molecule has 0 aromatic carbocycles. The van der Waals surface area contributed by atoms with Crippen molar-refractivity contribution in [1.29, 1.82) is 5.26 Å². The van der Waals surface area contributed by atoms with Gasteiger partial charge in [0, 0.05) is 24.9 Å². The summed E-state index contributed by atoms with van der Waals surface area (Å²) in [7, 11) is 0. The van der Waals surface area contributed by atoms with Crippen LogP contribution >= 0.6 is 0 Å². The van der Waals surface area contributed by atoms with Crippen molar-refractivity contribution in [3.05, 3.63) is 35.7 Å². The molecule has 2 rings (SSSR count). The Bertz CT molecular complexity index is 514. The average Bonchev–Trinajstić information content (AvgIpc) is 2.38. The lowest BCUT2D eigenvalue weighted by molar-refractivity contribution is -0.0943. The van der Waals surface area contributed by atoms with Crippen LogP contribution in [0.3, 0.4) is 0 Å². The van der Waals surface area contributed by atoms with Gasteiger partial charge in [0.2, 0.25) is 0 Å². The Balaban J connectivity index is 2.20. The Hall–Kier alpha value is -2.03. The Morgan fingerprint density at radius 3 is 2.72 bits per heavy atom. The molecule has 1 aliphatic heterocycles. The van der Waals surface area contributed by atoms with Crippen molar-refractivity contribution in [3.63, 3.8) is 0 Å². The number of anilines is 1. The zero-order chi connectivity index (χ0) is 13.2. The largest absolute Gasteiger partial charge is 0.412 e. The summed E-state index contributed by atoms with van der Waals surface area (Å²) < 4.78 is 37.4. The number of hydrogen-bond acceptors (Lipinski definition) is 3. The molecule has 94 valence electrons. The molecule has 0 radical (unpaired) electrons. The van der Waals surface area contributed by atoms with Crippen LogP contribution in [0.15, 0.2) is 30.0 Å². The third-order valence-electron chi connectivity index (χ3n) is 2.81. The van der Waals surface area contributed by atoms with Crippen molar-refractivity contribution in [2.45, 2.75) is 12.6 Å². The van der Waals surface area contributed by atoms with E-state index in [1.807, 2.05) is 6.07 Å². The summed E-state index contributed by atoms with van der Waals surface area (Å²) in [6, 6.07) is 5.30. The fourth-order valence-corrected chi connectivity index (χ4v) is 1.88. The maximum Gasteiger partial charge on any atom is 0.412 e. The van der Waals surface area contributed by atoms with E-state index in [1.54, 1.807) is 17.0 Å². The Morgan fingerprint density at radius 2 is 2.17 bits per heavy atom. The SMILES string of the molecule is N#Cc1ncccc1N1CC=C(C(F)(F)F)CC1. The normalized spacial score (nSPS) is 16.1. The monoisotopic (exact) mass is 253 g/mol. The molecule has 0 bridgehead atoms. The zero-order valence-electron chi connectivity index (χ0n) is 9.41. The maximum atomic E-state index is 12.5. The summed E-state index contributed by atoms with van der Waals surface area (Å²) in [5.74, 6) is 0. The van der Waals surface area contributed by atoms with Gasteiger partial charge in [-0.25, -0.2) is 4.98 Å². The van der Waals surface area contributed by atoms with Crippen LogP contribution in [-0.2, 0) is 0 Å². The topological polar surface area (TPSA) is 39.9 Å². The molecular weight excluding hydrogens is 243 g/mol. The van der Waals surface area contributed by atoms with Crippen molar-refractivity contribution in [2.75, 3.05) is 18.0 Å². The Kier molecular flexibility index (Phi) is 3.24. The highest BCUT2D eigenvalue weighted by Crippen LogP contribution is 2.31. The van der Waals surface area contributed by atoms with E-state index in [0.29, 0.717) is 5.69 Å². The van der Waals surface area contributed by atoms with Gasteiger partial charge in [0.15, 0.2) is 5.69 Å². The van der Waals surface area contributed by atoms with Gasteiger partial charge < -0.3 is 4.90 Å². The molecule has 0 N–H and O–H groups in total. The number of hydrogen-bond donors (Lipinski definition) is 0. The first-order valence-corrected chi connectivity index (χ1v) is 5.38. The molecule has 0 atom stereocenters. The first-order valence-electron chi connectivity index (χ1n) is 5.38. The van der Waals surface area contributed by atoms with Crippen molar-refractivity contribution in [2.24, 2.45) is 0 Å². The molecule has 2 heterocycles. The summed E-state index contributed by atoms with van der Waals surface area (Å²) in [6.07, 6.45) is -1.66. The third-order valence-corrected chi connectivity index (χ3v) is 2.81. The molecule has 1 aliphatic rings. The van der Waals surface area contributed by atoms with Gasteiger partial charge in [-0.3, -0.25) is 0 Å². The van der Waals surface area contributed by atoms with E-state index in [-0.39, 0.29) is 25.2 Å². The first-order chi connectivity index (χ1) is 8.52. The molecule has 0 amide bonds. The van der Waals surface area contributed by atoms with Gasteiger partial charge in [0.05, 0.1) is 5.69 Å². The molecular formula is C12H10F3N3. The van der Waals surface area contributed by atoms with E-state index in [4.69, 9.17) is 5.26 Å². The highest BCUT2D eigenvalue weighted by molar-refractivity contribution is 5.56. The average molecular weight is 253 g/mol.